The molecule has 1 N–H and O–H groups in total. The number of aromatic nitrogens is 5. The quantitative estimate of drug-likeness (QED) is 0.138. The second-order valence-corrected chi connectivity index (χ2v) is 16.0. The lowest BCUT2D eigenvalue weighted by Gasteiger charge is -2.35. The number of rotatable bonds is 10. The summed E-state index contributed by atoms with van der Waals surface area (Å²) in [6.45, 7) is 13.0. The lowest BCUT2D eigenvalue weighted by molar-refractivity contribution is 0.0686. The Labute approximate surface area is 341 Å². The van der Waals surface area contributed by atoms with Gasteiger partial charge < -0.3 is 23.9 Å². The van der Waals surface area contributed by atoms with Crippen LogP contribution in [0.25, 0.3) is 32.9 Å². The second-order valence-electron chi connectivity index (χ2n) is 15.2. The molecule has 3 aromatic carbocycles. The number of carboxylic acids is 1. The number of aromatic carboxylic acids is 1. The van der Waals surface area contributed by atoms with Crippen molar-refractivity contribution in [1.29, 1.82) is 0 Å². The van der Waals surface area contributed by atoms with Crippen molar-refractivity contribution < 1.29 is 19.4 Å². The number of anilines is 1. The van der Waals surface area contributed by atoms with Crippen molar-refractivity contribution in [3.05, 3.63) is 128 Å². The third-order valence-electron chi connectivity index (χ3n) is 11.4. The normalized spacial score (nSPS) is 14.2. The number of nitrogens with zero attached hydrogens (tertiary/aromatic N) is 6. The molecule has 7 aromatic rings. The van der Waals surface area contributed by atoms with Crippen LogP contribution in [-0.4, -0.2) is 54.0 Å². The van der Waals surface area contributed by atoms with Gasteiger partial charge in [0.2, 0.25) is 0 Å². The number of para-hydroxylation sites is 1. The lowest BCUT2D eigenvalue weighted by atomic mass is 9.98. The predicted molar refractivity (Wildman–Crippen MR) is 227 cm³/mol. The molecule has 4 aromatic heterocycles. The molecule has 1 unspecified atom stereocenters. The van der Waals surface area contributed by atoms with Crippen molar-refractivity contribution in [2.24, 2.45) is 7.05 Å². The first kappa shape index (κ1) is 38.3. The Bertz CT molecular complexity index is 2760. The number of aryl methyl sites for hydroxylation is 6. The zero-order valence-corrected chi connectivity index (χ0v) is 34.6. The number of fused-ring (bicyclic) bond motifs is 4. The molecule has 57 heavy (non-hydrogen) atoms. The summed E-state index contributed by atoms with van der Waals surface area (Å²) in [5, 5.41) is 18.1. The predicted octanol–water partition coefficient (Wildman–Crippen LogP) is 10.2. The van der Waals surface area contributed by atoms with Crippen LogP contribution in [0.1, 0.15) is 79.7 Å². The van der Waals surface area contributed by atoms with Gasteiger partial charge in [-0.1, -0.05) is 47.5 Å². The van der Waals surface area contributed by atoms with Crippen LogP contribution in [0.15, 0.2) is 66.9 Å². The van der Waals surface area contributed by atoms with Gasteiger partial charge in [0.25, 0.3) is 5.91 Å². The van der Waals surface area contributed by atoms with E-state index in [2.05, 4.69) is 16.5 Å². The van der Waals surface area contributed by atoms with Gasteiger partial charge in [0.15, 0.2) is 0 Å². The van der Waals surface area contributed by atoms with E-state index >= 15 is 4.79 Å². The van der Waals surface area contributed by atoms with Crippen molar-refractivity contribution in [2.45, 2.75) is 67.0 Å². The third-order valence-corrected chi connectivity index (χ3v) is 12.3. The van der Waals surface area contributed by atoms with Gasteiger partial charge in [0.1, 0.15) is 17.1 Å². The first-order chi connectivity index (χ1) is 27.3. The Morgan fingerprint density at radius 2 is 1.70 bits per heavy atom. The molecule has 0 bridgehead atoms. The average Bonchev–Trinajstić information content (AvgIpc) is 3.80. The molecule has 8 rings (SSSR count). The summed E-state index contributed by atoms with van der Waals surface area (Å²) in [6.07, 6.45) is 2.91. The van der Waals surface area contributed by atoms with Gasteiger partial charge in [0.05, 0.1) is 46.3 Å². The molecule has 0 saturated carbocycles. The summed E-state index contributed by atoms with van der Waals surface area (Å²) in [5.74, 6) is -0.469. The molecule has 1 amide bonds. The van der Waals surface area contributed by atoms with Crippen molar-refractivity contribution in [2.75, 3.05) is 18.1 Å². The number of carbonyl (C=O) groups excluding carboxylic acids is 1. The highest BCUT2D eigenvalue weighted by molar-refractivity contribution is 6.35. The molecule has 292 valence electrons. The molecule has 5 heterocycles. The molecular formula is C45H44Cl2N6O4. The number of pyridine rings is 1. The number of benzene rings is 3. The number of carboxylic acid groups (broad SMARTS) is 1. The fourth-order valence-electron chi connectivity index (χ4n) is 8.63. The summed E-state index contributed by atoms with van der Waals surface area (Å²) in [4.78, 5) is 34.5. The van der Waals surface area contributed by atoms with E-state index in [1.54, 1.807) is 16.8 Å². The Hall–Kier alpha value is -5.58. The fourth-order valence-corrected chi connectivity index (χ4v) is 8.99. The van der Waals surface area contributed by atoms with Crippen molar-refractivity contribution >= 4 is 62.6 Å². The SMILES string of the molecule is Cc1cccnc1Cn1c(C(=O)O)cc2cccc(N3CC(C)n4c(c(CCCOc5cc(C)c(Cl)c(C)c5)c5ccc(Cl)c(-c6c(C)nn(C)c6C)c54)C3=O)c21. The largest absolute Gasteiger partial charge is 0.494 e. The summed E-state index contributed by atoms with van der Waals surface area (Å²) in [6, 6.07) is 18.8. The van der Waals surface area contributed by atoms with E-state index in [4.69, 9.17) is 33.0 Å². The molecule has 0 aliphatic carbocycles. The van der Waals surface area contributed by atoms with Gasteiger partial charge in [-0.3, -0.25) is 14.5 Å². The van der Waals surface area contributed by atoms with Gasteiger partial charge in [-0.05, 0) is 113 Å². The molecule has 0 spiro atoms. The summed E-state index contributed by atoms with van der Waals surface area (Å²) >= 11 is 13.6. The van der Waals surface area contributed by atoms with E-state index < -0.39 is 5.97 Å². The Balaban J connectivity index is 1.28. The van der Waals surface area contributed by atoms with Crippen molar-refractivity contribution in [1.82, 2.24) is 23.9 Å². The highest BCUT2D eigenvalue weighted by Gasteiger charge is 2.38. The van der Waals surface area contributed by atoms with Crippen LogP contribution in [0.2, 0.25) is 10.0 Å². The van der Waals surface area contributed by atoms with Gasteiger partial charge in [0, 0.05) is 58.4 Å². The number of hydrogen-bond donors (Lipinski definition) is 1. The van der Waals surface area contributed by atoms with Crippen LogP contribution in [-0.2, 0) is 20.0 Å². The van der Waals surface area contributed by atoms with Gasteiger partial charge in [-0.25, -0.2) is 4.79 Å². The molecule has 0 radical (unpaired) electrons. The molecule has 1 aliphatic rings. The van der Waals surface area contributed by atoms with Gasteiger partial charge in [-0.15, -0.1) is 0 Å². The summed E-state index contributed by atoms with van der Waals surface area (Å²) in [7, 11) is 1.92. The van der Waals surface area contributed by atoms with E-state index in [0.29, 0.717) is 47.9 Å². The van der Waals surface area contributed by atoms with Gasteiger partial charge in [-0.2, -0.15) is 5.10 Å². The Morgan fingerprint density at radius 1 is 0.947 bits per heavy atom. The average molecular weight is 804 g/mol. The second kappa shape index (κ2) is 14.7. The fraction of sp³-hybridized carbons (Fsp3) is 0.289. The standard InChI is InChI=1S/C45H44Cl2N6O4/c1-24-11-9-17-48-35(24)23-51-37(45(55)56)21-30-12-8-14-36(41(30)51)52-22-27(4)53-42-33(15-16-34(46)39(42)38-28(5)49-50(7)29(38)6)32(43(53)44(52)54)13-10-18-57-31-19-25(2)40(47)26(3)20-31/h8-9,11-12,14-17,19-21,27H,10,13,18,22-23H2,1-7H3,(H,55,56). The highest BCUT2D eigenvalue weighted by atomic mass is 35.5. The summed E-state index contributed by atoms with van der Waals surface area (Å²) in [5.41, 5.74) is 11.1. The molecule has 10 nitrogen and oxygen atoms in total. The van der Waals surface area contributed by atoms with E-state index in [1.165, 1.54) is 0 Å². The zero-order chi connectivity index (χ0) is 40.4. The topological polar surface area (TPSA) is 107 Å². The maximum Gasteiger partial charge on any atom is 0.352 e. The minimum Gasteiger partial charge on any atom is -0.494 e. The number of halogens is 2. The van der Waals surface area contributed by atoms with Gasteiger partial charge >= 0.3 is 5.97 Å². The lowest BCUT2D eigenvalue weighted by Crippen LogP contribution is -2.43. The third kappa shape index (κ3) is 6.45. The number of carbonyl (C=O) groups is 2. The minimum absolute atomic E-state index is 0.127. The first-order valence-corrected chi connectivity index (χ1v) is 19.9. The first-order valence-electron chi connectivity index (χ1n) is 19.1. The smallest absolute Gasteiger partial charge is 0.352 e. The molecule has 1 atom stereocenters. The maximum absolute atomic E-state index is 15.4. The molecule has 1 aliphatic heterocycles. The number of hydrogen-bond acceptors (Lipinski definition) is 5. The Morgan fingerprint density at radius 3 is 2.39 bits per heavy atom. The molecule has 12 heteroatoms. The molecular weight excluding hydrogens is 759 g/mol. The number of amides is 1. The summed E-state index contributed by atoms with van der Waals surface area (Å²) < 4.78 is 12.1. The highest BCUT2D eigenvalue weighted by Crippen LogP contribution is 2.46. The monoisotopic (exact) mass is 802 g/mol. The van der Waals surface area contributed by atoms with E-state index in [9.17, 15) is 9.90 Å². The van der Waals surface area contributed by atoms with Crippen LogP contribution in [0, 0.1) is 34.6 Å². The van der Waals surface area contributed by atoms with Crippen LogP contribution < -0.4 is 9.64 Å². The van der Waals surface area contributed by atoms with E-state index in [-0.39, 0.29) is 24.2 Å². The van der Waals surface area contributed by atoms with Crippen LogP contribution in [0.3, 0.4) is 0 Å². The van der Waals surface area contributed by atoms with Crippen molar-refractivity contribution in [3.8, 4) is 16.9 Å². The van der Waals surface area contributed by atoms with E-state index in [1.807, 2.05) is 106 Å². The molecule has 0 fully saturated rings. The number of ether oxygens (including phenoxy) is 1. The van der Waals surface area contributed by atoms with Crippen LogP contribution >= 0.6 is 23.2 Å². The van der Waals surface area contributed by atoms with Crippen LogP contribution in [0.5, 0.6) is 5.75 Å². The van der Waals surface area contributed by atoms with E-state index in [0.717, 1.165) is 77.5 Å². The Kier molecular flexibility index (Phi) is 9.90. The maximum atomic E-state index is 15.4. The minimum atomic E-state index is -1.05. The van der Waals surface area contributed by atoms with Crippen molar-refractivity contribution in [3.63, 3.8) is 0 Å². The van der Waals surface area contributed by atoms with Crippen LogP contribution in [0.4, 0.5) is 5.69 Å². The molecule has 0 saturated heterocycles. The zero-order valence-electron chi connectivity index (χ0n) is 33.1.